The Bertz CT molecular complexity index is 407. The van der Waals surface area contributed by atoms with Crippen molar-refractivity contribution in [2.75, 3.05) is 32.7 Å². The zero-order valence-electron chi connectivity index (χ0n) is 16.3. The Labute approximate surface area is 153 Å². The van der Waals surface area contributed by atoms with Crippen LogP contribution >= 0.6 is 0 Å². The topological polar surface area (TPSA) is 52.7 Å². The quantitative estimate of drug-likeness (QED) is 0.695. The molecule has 0 bridgehead atoms. The van der Waals surface area contributed by atoms with Gasteiger partial charge in [0, 0.05) is 38.6 Å². The van der Waals surface area contributed by atoms with E-state index in [1.807, 2.05) is 4.90 Å². The summed E-state index contributed by atoms with van der Waals surface area (Å²) < 4.78 is 0. The van der Waals surface area contributed by atoms with Gasteiger partial charge in [-0.15, -0.1) is 0 Å². The molecule has 1 aliphatic carbocycles. The van der Waals surface area contributed by atoms with Gasteiger partial charge in [-0.25, -0.2) is 0 Å². The molecule has 0 aromatic heterocycles. The van der Waals surface area contributed by atoms with Crippen LogP contribution in [0.2, 0.25) is 0 Å². The van der Waals surface area contributed by atoms with Crippen LogP contribution in [0.4, 0.5) is 0 Å². The molecule has 2 amide bonds. The first kappa shape index (κ1) is 20.2. The smallest absolute Gasteiger partial charge is 0.236 e. The van der Waals surface area contributed by atoms with Crippen LogP contribution in [0.1, 0.15) is 71.6 Å². The summed E-state index contributed by atoms with van der Waals surface area (Å²) in [6.07, 6.45) is 9.69. The number of hydrogen-bond donors (Lipinski definition) is 1. The van der Waals surface area contributed by atoms with Crippen molar-refractivity contribution >= 4 is 11.8 Å². The van der Waals surface area contributed by atoms with Crippen molar-refractivity contribution in [1.29, 1.82) is 0 Å². The number of nitrogens with one attached hydrogen (secondary N) is 1. The molecule has 1 saturated heterocycles. The van der Waals surface area contributed by atoms with E-state index in [1.165, 1.54) is 25.7 Å². The highest BCUT2D eigenvalue weighted by molar-refractivity contribution is 5.78. The Kier molecular flexibility index (Phi) is 8.73. The van der Waals surface area contributed by atoms with Crippen molar-refractivity contribution < 1.29 is 9.59 Å². The minimum atomic E-state index is 0.235. The first-order chi connectivity index (χ1) is 12.1. The molecule has 1 aliphatic heterocycles. The number of carbonyl (C=O) groups excluding carboxylic acids is 2. The Morgan fingerprint density at radius 3 is 2.16 bits per heavy atom. The van der Waals surface area contributed by atoms with Gasteiger partial charge >= 0.3 is 0 Å². The molecule has 5 heteroatoms. The molecule has 0 spiro atoms. The van der Waals surface area contributed by atoms with Crippen LogP contribution in [-0.2, 0) is 9.59 Å². The van der Waals surface area contributed by atoms with Crippen molar-refractivity contribution in [3.05, 3.63) is 0 Å². The summed E-state index contributed by atoms with van der Waals surface area (Å²) in [5.74, 6) is 1.10. The highest BCUT2D eigenvalue weighted by Crippen LogP contribution is 2.27. The number of carbonyl (C=O) groups is 2. The van der Waals surface area contributed by atoms with Gasteiger partial charge in [-0.2, -0.15) is 0 Å². The Morgan fingerprint density at radius 2 is 1.60 bits per heavy atom. The number of amides is 2. The molecule has 144 valence electrons. The minimum absolute atomic E-state index is 0.235. The van der Waals surface area contributed by atoms with Crippen LogP contribution in [0.25, 0.3) is 0 Å². The van der Waals surface area contributed by atoms with E-state index in [1.54, 1.807) is 0 Å². The van der Waals surface area contributed by atoms with E-state index in [4.69, 9.17) is 0 Å². The maximum absolute atomic E-state index is 12.5. The molecule has 0 aromatic carbocycles. The predicted molar refractivity (Wildman–Crippen MR) is 101 cm³/mol. The summed E-state index contributed by atoms with van der Waals surface area (Å²) in [5.41, 5.74) is 0. The summed E-state index contributed by atoms with van der Waals surface area (Å²) in [5, 5.41) is 3.22. The van der Waals surface area contributed by atoms with Crippen LogP contribution in [0.3, 0.4) is 0 Å². The van der Waals surface area contributed by atoms with E-state index in [0.29, 0.717) is 24.9 Å². The fraction of sp³-hybridized carbons (Fsp3) is 0.900. The third-order valence-corrected chi connectivity index (χ3v) is 5.60. The summed E-state index contributed by atoms with van der Waals surface area (Å²) >= 11 is 0. The van der Waals surface area contributed by atoms with E-state index in [2.05, 4.69) is 24.1 Å². The van der Waals surface area contributed by atoms with E-state index >= 15 is 0 Å². The van der Waals surface area contributed by atoms with E-state index in [0.717, 1.165) is 51.9 Å². The van der Waals surface area contributed by atoms with Gasteiger partial charge in [-0.05, 0) is 44.4 Å². The van der Waals surface area contributed by atoms with Gasteiger partial charge in [-0.3, -0.25) is 14.5 Å². The van der Waals surface area contributed by atoms with Crippen molar-refractivity contribution in [2.24, 2.45) is 5.92 Å². The van der Waals surface area contributed by atoms with E-state index < -0.39 is 0 Å². The number of piperidine rings is 1. The van der Waals surface area contributed by atoms with Gasteiger partial charge in [0.2, 0.25) is 11.8 Å². The lowest BCUT2D eigenvalue weighted by atomic mass is 10.0. The Morgan fingerprint density at radius 1 is 1.00 bits per heavy atom. The van der Waals surface area contributed by atoms with E-state index in [-0.39, 0.29) is 11.8 Å². The monoisotopic (exact) mass is 351 g/mol. The zero-order chi connectivity index (χ0) is 18.1. The normalized spacial score (nSPS) is 19.9. The average molecular weight is 352 g/mol. The molecule has 0 radical (unpaired) electrons. The van der Waals surface area contributed by atoms with Crippen LogP contribution in [-0.4, -0.2) is 60.4 Å². The van der Waals surface area contributed by atoms with Gasteiger partial charge in [0.05, 0.1) is 6.54 Å². The molecule has 1 heterocycles. The van der Waals surface area contributed by atoms with Gasteiger partial charge in [0.15, 0.2) is 0 Å². The van der Waals surface area contributed by atoms with Crippen molar-refractivity contribution in [1.82, 2.24) is 15.1 Å². The summed E-state index contributed by atoms with van der Waals surface area (Å²) in [4.78, 5) is 28.9. The molecule has 5 nitrogen and oxygen atoms in total. The molecule has 0 aromatic rings. The second kappa shape index (κ2) is 10.8. The summed E-state index contributed by atoms with van der Waals surface area (Å²) in [6.45, 7) is 8.31. The van der Waals surface area contributed by atoms with Gasteiger partial charge in [-0.1, -0.05) is 26.7 Å². The Hall–Kier alpha value is -1.10. The van der Waals surface area contributed by atoms with Crippen LogP contribution in [0.5, 0.6) is 0 Å². The maximum atomic E-state index is 12.5. The first-order valence-electron chi connectivity index (χ1n) is 10.4. The minimum Gasteiger partial charge on any atom is -0.353 e. The number of rotatable bonds is 9. The zero-order valence-corrected chi connectivity index (χ0v) is 16.3. The van der Waals surface area contributed by atoms with Crippen molar-refractivity contribution in [2.45, 2.75) is 77.7 Å². The van der Waals surface area contributed by atoms with Crippen LogP contribution in [0.15, 0.2) is 0 Å². The lowest BCUT2D eigenvalue weighted by Crippen LogP contribution is -2.48. The fourth-order valence-electron chi connectivity index (χ4n) is 4.19. The molecule has 2 rings (SSSR count). The van der Waals surface area contributed by atoms with Crippen LogP contribution in [0, 0.1) is 5.92 Å². The standard InChI is InChI=1S/C20H37N3O2/c1-3-11-23(12-4-2)20(25)16-22-13-9-18(10-14-22)21-19(24)15-17-7-5-6-8-17/h17-18H,3-16H2,1-2H3,(H,21,24). The van der Waals surface area contributed by atoms with Crippen molar-refractivity contribution in [3.8, 4) is 0 Å². The molecule has 0 unspecified atom stereocenters. The molecule has 1 N–H and O–H groups in total. The predicted octanol–water partition coefficient (Wildman–Crippen LogP) is 2.80. The maximum Gasteiger partial charge on any atom is 0.236 e. The third kappa shape index (κ3) is 6.96. The number of hydrogen-bond acceptors (Lipinski definition) is 3. The summed E-state index contributed by atoms with van der Waals surface area (Å²) in [6, 6.07) is 0.294. The van der Waals surface area contributed by atoms with Crippen molar-refractivity contribution in [3.63, 3.8) is 0 Å². The van der Waals surface area contributed by atoms with E-state index in [9.17, 15) is 9.59 Å². The second-order valence-corrected chi connectivity index (χ2v) is 7.85. The lowest BCUT2D eigenvalue weighted by Gasteiger charge is -2.33. The molecule has 2 aliphatic rings. The first-order valence-corrected chi connectivity index (χ1v) is 10.4. The van der Waals surface area contributed by atoms with Gasteiger partial charge in [0.1, 0.15) is 0 Å². The Balaban J connectivity index is 1.66. The SMILES string of the molecule is CCCN(CCC)C(=O)CN1CCC(NC(=O)CC2CCCC2)CC1. The molecular weight excluding hydrogens is 314 g/mol. The molecule has 1 saturated carbocycles. The third-order valence-electron chi connectivity index (χ3n) is 5.60. The molecule has 0 atom stereocenters. The highest BCUT2D eigenvalue weighted by Gasteiger charge is 2.25. The largest absolute Gasteiger partial charge is 0.353 e. The van der Waals surface area contributed by atoms with Gasteiger partial charge in [0.25, 0.3) is 0 Å². The highest BCUT2D eigenvalue weighted by atomic mass is 16.2. The average Bonchev–Trinajstić information content (AvgIpc) is 3.09. The number of nitrogens with zero attached hydrogens (tertiary/aromatic N) is 2. The summed E-state index contributed by atoms with van der Waals surface area (Å²) in [7, 11) is 0. The van der Waals surface area contributed by atoms with Gasteiger partial charge < -0.3 is 10.2 Å². The fourth-order valence-corrected chi connectivity index (χ4v) is 4.19. The van der Waals surface area contributed by atoms with Crippen LogP contribution < -0.4 is 5.32 Å². The lowest BCUT2D eigenvalue weighted by molar-refractivity contribution is -0.133. The molecule has 25 heavy (non-hydrogen) atoms. The molecular formula is C20H37N3O2. The second-order valence-electron chi connectivity index (χ2n) is 7.85. The molecule has 2 fully saturated rings. The number of likely N-dealkylation sites (tertiary alicyclic amines) is 1.